The zero-order valence-electron chi connectivity index (χ0n) is 19.4. The van der Waals surface area contributed by atoms with Gasteiger partial charge in [-0.15, -0.1) is 0 Å². The van der Waals surface area contributed by atoms with Crippen LogP contribution in [0.1, 0.15) is 11.1 Å². The van der Waals surface area contributed by atoms with Gasteiger partial charge in [0, 0.05) is 0 Å². The number of thioether (sulfide) groups is 1. The average molecular weight is 503 g/mol. The molecule has 3 aromatic carbocycles. The Balaban J connectivity index is 1.44. The summed E-state index contributed by atoms with van der Waals surface area (Å²) >= 11 is 2.60. The Hall–Kier alpha value is -3.69. The Morgan fingerprint density at radius 3 is 2.69 bits per heavy atom. The second kappa shape index (κ2) is 9.52. The van der Waals surface area contributed by atoms with Crippen LogP contribution in [-0.4, -0.2) is 33.3 Å². The molecule has 2 aromatic heterocycles. The van der Waals surface area contributed by atoms with Gasteiger partial charge in [0.05, 0.1) is 39.7 Å². The first-order chi connectivity index (χ1) is 16.9. The fourth-order valence-corrected chi connectivity index (χ4v) is 5.56. The third-order valence-electron chi connectivity index (χ3n) is 5.51. The Morgan fingerprint density at radius 1 is 1.06 bits per heavy atom. The summed E-state index contributed by atoms with van der Waals surface area (Å²) < 4.78 is 7.78. The van der Waals surface area contributed by atoms with Crippen LogP contribution in [0.5, 0.6) is 5.75 Å². The fourth-order valence-electron chi connectivity index (χ4n) is 3.85. The lowest BCUT2D eigenvalue weighted by Gasteiger charge is -2.15. The monoisotopic (exact) mass is 502 g/mol. The summed E-state index contributed by atoms with van der Waals surface area (Å²) in [6, 6.07) is 18.7. The average Bonchev–Trinajstić information content (AvgIpc) is 3.25. The van der Waals surface area contributed by atoms with Gasteiger partial charge in [-0.1, -0.05) is 52.9 Å². The number of hydrogen-bond donors (Lipinski definition) is 1. The van der Waals surface area contributed by atoms with Crippen molar-refractivity contribution < 1.29 is 9.53 Å². The molecule has 5 rings (SSSR count). The van der Waals surface area contributed by atoms with Crippen molar-refractivity contribution in [3.63, 3.8) is 0 Å². The van der Waals surface area contributed by atoms with E-state index in [-0.39, 0.29) is 17.2 Å². The van der Waals surface area contributed by atoms with Crippen LogP contribution >= 0.6 is 23.1 Å². The minimum atomic E-state index is -0.226. The van der Waals surface area contributed by atoms with E-state index in [0.29, 0.717) is 21.2 Å². The van der Waals surface area contributed by atoms with Gasteiger partial charge >= 0.3 is 0 Å². The quantitative estimate of drug-likeness (QED) is 0.249. The van der Waals surface area contributed by atoms with E-state index < -0.39 is 0 Å². The summed E-state index contributed by atoms with van der Waals surface area (Å²) in [6.07, 6.45) is 0. The van der Waals surface area contributed by atoms with Crippen molar-refractivity contribution in [2.75, 3.05) is 18.2 Å². The number of methoxy groups -OCH3 is 1. The second-order valence-electron chi connectivity index (χ2n) is 8.03. The molecule has 0 fully saturated rings. The fraction of sp³-hybridized carbons (Fsp3) is 0.154. The number of para-hydroxylation sites is 1. The van der Waals surface area contributed by atoms with Crippen molar-refractivity contribution in [3.05, 3.63) is 82.1 Å². The summed E-state index contributed by atoms with van der Waals surface area (Å²) in [7, 11) is 1.61. The van der Waals surface area contributed by atoms with Gasteiger partial charge in [0.2, 0.25) is 5.91 Å². The molecule has 0 radical (unpaired) electrons. The Kier molecular flexibility index (Phi) is 6.27. The number of aromatic nitrogens is 3. The number of amides is 1. The van der Waals surface area contributed by atoms with E-state index in [4.69, 9.17) is 9.72 Å². The Morgan fingerprint density at radius 2 is 1.89 bits per heavy atom. The molecule has 0 aliphatic heterocycles. The molecule has 0 saturated heterocycles. The SMILES string of the molecule is COc1ccc2nc(NC(=O)CSc3nc4ccccc4c(=O)n3-c3ccc(C)cc3C)sc2c1. The normalized spacial score (nSPS) is 11.2. The van der Waals surface area contributed by atoms with Gasteiger partial charge < -0.3 is 10.1 Å². The van der Waals surface area contributed by atoms with E-state index in [1.807, 2.05) is 68.4 Å². The van der Waals surface area contributed by atoms with Crippen molar-refractivity contribution in [2.24, 2.45) is 0 Å². The molecule has 0 aliphatic carbocycles. The van der Waals surface area contributed by atoms with Crippen LogP contribution in [0.2, 0.25) is 0 Å². The minimum Gasteiger partial charge on any atom is -0.497 e. The van der Waals surface area contributed by atoms with Crippen LogP contribution in [0.15, 0.2) is 70.6 Å². The summed E-state index contributed by atoms with van der Waals surface area (Å²) in [4.78, 5) is 35.5. The number of fused-ring (bicyclic) bond motifs is 2. The van der Waals surface area contributed by atoms with E-state index >= 15 is 0 Å². The summed E-state index contributed by atoms with van der Waals surface area (Å²) in [5, 5.41) is 4.37. The number of ether oxygens (including phenoxy) is 1. The number of carbonyl (C=O) groups excluding carboxylic acids is 1. The molecule has 35 heavy (non-hydrogen) atoms. The smallest absolute Gasteiger partial charge is 0.266 e. The first-order valence-corrected chi connectivity index (χ1v) is 12.7. The van der Waals surface area contributed by atoms with Crippen molar-refractivity contribution in [2.45, 2.75) is 19.0 Å². The van der Waals surface area contributed by atoms with Gasteiger partial charge in [-0.05, 0) is 55.8 Å². The molecule has 7 nitrogen and oxygen atoms in total. The number of hydrogen-bond acceptors (Lipinski definition) is 7. The number of thiazole rings is 1. The predicted molar refractivity (Wildman–Crippen MR) is 142 cm³/mol. The maximum absolute atomic E-state index is 13.5. The van der Waals surface area contributed by atoms with Crippen LogP contribution in [0.3, 0.4) is 0 Å². The van der Waals surface area contributed by atoms with Crippen molar-refractivity contribution in [1.82, 2.24) is 14.5 Å². The number of carbonyl (C=O) groups is 1. The Bertz CT molecular complexity index is 1640. The molecule has 0 unspecified atom stereocenters. The van der Waals surface area contributed by atoms with Crippen LogP contribution < -0.4 is 15.6 Å². The minimum absolute atomic E-state index is 0.0783. The third kappa shape index (κ3) is 4.65. The van der Waals surface area contributed by atoms with E-state index in [0.717, 1.165) is 32.8 Å². The van der Waals surface area contributed by atoms with Gasteiger partial charge in [-0.3, -0.25) is 14.2 Å². The highest BCUT2D eigenvalue weighted by Gasteiger charge is 2.17. The van der Waals surface area contributed by atoms with E-state index in [9.17, 15) is 9.59 Å². The number of aryl methyl sites for hydroxylation is 2. The number of anilines is 1. The third-order valence-corrected chi connectivity index (χ3v) is 7.38. The maximum Gasteiger partial charge on any atom is 0.266 e. The first kappa shape index (κ1) is 23.1. The highest BCUT2D eigenvalue weighted by Crippen LogP contribution is 2.30. The summed E-state index contributed by atoms with van der Waals surface area (Å²) in [6.45, 7) is 3.98. The maximum atomic E-state index is 13.5. The molecule has 0 spiro atoms. The zero-order chi connectivity index (χ0) is 24.5. The standard InChI is InChI=1S/C26H22N4O3S2/c1-15-8-11-21(16(2)12-15)30-24(32)18-6-4-5-7-19(18)28-26(30)34-14-23(31)29-25-27-20-10-9-17(33-3)13-22(20)35-25/h4-13H,14H2,1-3H3,(H,27,29,31). The number of benzene rings is 3. The number of rotatable bonds is 6. The van der Waals surface area contributed by atoms with Gasteiger partial charge in [0.25, 0.3) is 5.56 Å². The molecule has 1 amide bonds. The lowest BCUT2D eigenvalue weighted by atomic mass is 10.1. The molecule has 0 saturated carbocycles. The van der Waals surface area contributed by atoms with Crippen LogP contribution in [0.25, 0.3) is 26.8 Å². The van der Waals surface area contributed by atoms with Gasteiger partial charge in [0.15, 0.2) is 10.3 Å². The largest absolute Gasteiger partial charge is 0.497 e. The second-order valence-corrected chi connectivity index (χ2v) is 10.0. The van der Waals surface area contributed by atoms with Crippen LogP contribution in [0, 0.1) is 13.8 Å². The number of nitrogens with zero attached hydrogens (tertiary/aromatic N) is 3. The van der Waals surface area contributed by atoms with Gasteiger partial charge in [0.1, 0.15) is 5.75 Å². The Labute approximate surface area is 209 Å². The van der Waals surface area contributed by atoms with Crippen LogP contribution in [-0.2, 0) is 4.79 Å². The van der Waals surface area contributed by atoms with Crippen molar-refractivity contribution in [1.29, 1.82) is 0 Å². The van der Waals surface area contributed by atoms with E-state index in [1.165, 1.54) is 23.1 Å². The highest BCUT2D eigenvalue weighted by molar-refractivity contribution is 7.99. The van der Waals surface area contributed by atoms with Gasteiger partial charge in [-0.25, -0.2) is 9.97 Å². The molecule has 0 aliphatic rings. The topological polar surface area (TPSA) is 86.1 Å². The number of nitrogens with one attached hydrogen (secondary N) is 1. The molecule has 5 aromatic rings. The predicted octanol–water partition coefficient (Wildman–Crippen LogP) is 5.35. The van der Waals surface area contributed by atoms with Crippen molar-refractivity contribution >= 4 is 55.3 Å². The lowest BCUT2D eigenvalue weighted by molar-refractivity contribution is -0.113. The summed E-state index contributed by atoms with van der Waals surface area (Å²) in [5.74, 6) is 0.589. The van der Waals surface area contributed by atoms with E-state index in [1.54, 1.807) is 17.7 Å². The molecule has 1 N–H and O–H groups in total. The van der Waals surface area contributed by atoms with Crippen LogP contribution in [0.4, 0.5) is 5.13 Å². The molecule has 9 heteroatoms. The molecule has 176 valence electrons. The molecular formula is C26H22N4O3S2. The summed E-state index contributed by atoms with van der Waals surface area (Å²) in [5.41, 5.74) is 4.04. The van der Waals surface area contributed by atoms with Gasteiger partial charge in [-0.2, -0.15) is 0 Å². The van der Waals surface area contributed by atoms with E-state index in [2.05, 4.69) is 10.3 Å². The lowest BCUT2D eigenvalue weighted by Crippen LogP contribution is -2.23. The molecule has 0 atom stereocenters. The molecular weight excluding hydrogens is 480 g/mol. The van der Waals surface area contributed by atoms with Crippen molar-refractivity contribution in [3.8, 4) is 11.4 Å². The molecule has 0 bridgehead atoms. The highest BCUT2D eigenvalue weighted by atomic mass is 32.2. The first-order valence-electron chi connectivity index (χ1n) is 10.9. The molecule has 2 heterocycles. The zero-order valence-corrected chi connectivity index (χ0v) is 21.0.